The minimum absolute atomic E-state index is 0.000213. The zero-order valence-corrected chi connectivity index (χ0v) is 14.1. The fraction of sp³-hybridized carbons (Fsp3) is 0.562. The van der Waals surface area contributed by atoms with Crippen LogP contribution in [0, 0.1) is 0 Å². The lowest BCUT2D eigenvalue weighted by molar-refractivity contribution is -0.0526. The Bertz CT molecular complexity index is 572. The van der Waals surface area contributed by atoms with Crippen LogP contribution in [0.2, 0.25) is 0 Å². The van der Waals surface area contributed by atoms with Crippen LogP contribution in [0.15, 0.2) is 12.1 Å². The third-order valence-corrected chi connectivity index (χ3v) is 4.21. The van der Waals surface area contributed by atoms with Crippen molar-refractivity contribution in [3.05, 3.63) is 17.7 Å². The van der Waals surface area contributed by atoms with Crippen LogP contribution in [0.5, 0.6) is 17.2 Å². The zero-order valence-electron chi connectivity index (χ0n) is 14.1. The van der Waals surface area contributed by atoms with Crippen LogP contribution in [-0.2, 0) is 0 Å². The molecule has 2 unspecified atom stereocenters. The van der Waals surface area contributed by atoms with Gasteiger partial charge in [-0.05, 0) is 26.0 Å². The lowest BCUT2D eigenvalue weighted by Crippen LogP contribution is -2.57. The Morgan fingerprint density at radius 3 is 2.33 bits per heavy atom. The van der Waals surface area contributed by atoms with E-state index in [9.17, 15) is 13.6 Å². The van der Waals surface area contributed by atoms with E-state index in [1.807, 2.05) is 13.8 Å². The van der Waals surface area contributed by atoms with Gasteiger partial charge < -0.3 is 24.4 Å². The molecule has 0 aliphatic carbocycles. The first kappa shape index (κ1) is 18.3. The largest absolute Gasteiger partial charge is 0.493 e. The third kappa shape index (κ3) is 3.69. The predicted octanol–water partition coefficient (Wildman–Crippen LogP) is 2.13. The van der Waals surface area contributed by atoms with Crippen molar-refractivity contribution >= 4 is 5.91 Å². The molecule has 1 heterocycles. The van der Waals surface area contributed by atoms with Crippen molar-refractivity contribution in [2.24, 2.45) is 0 Å². The Kier molecular flexibility index (Phi) is 5.82. The molecule has 2 rings (SSSR count). The van der Waals surface area contributed by atoms with Crippen molar-refractivity contribution in [2.75, 3.05) is 27.3 Å². The first-order valence-corrected chi connectivity index (χ1v) is 7.64. The summed E-state index contributed by atoms with van der Waals surface area (Å²) in [5.41, 5.74) is 0.297. The van der Waals surface area contributed by atoms with E-state index in [4.69, 9.17) is 9.47 Å². The second-order valence-corrected chi connectivity index (χ2v) is 5.57. The first-order chi connectivity index (χ1) is 11.4. The molecule has 134 valence electrons. The summed E-state index contributed by atoms with van der Waals surface area (Å²) in [6.45, 7) is 2.19. The van der Waals surface area contributed by atoms with E-state index in [2.05, 4.69) is 10.1 Å². The van der Waals surface area contributed by atoms with Crippen LogP contribution in [0.25, 0.3) is 0 Å². The SMILES string of the molecule is COc1cc(C(=O)N2CCNC(C)C2C)cc(OC)c1OC(F)F. The molecule has 1 amide bonds. The second-order valence-electron chi connectivity index (χ2n) is 5.57. The summed E-state index contributed by atoms with van der Waals surface area (Å²) in [7, 11) is 2.63. The van der Waals surface area contributed by atoms with E-state index < -0.39 is 6.61 Å². The second kappa shape index (κ2) is 7.65. The van der Waals surface area contributed by atoms with E-state index in [1.165, 1.54) is 26.4 Å². The molecule has 1 aliphatic heterocycles. The molecule has 1 saturated heterocycles. The van der Waals surface area contributed by atoms with E-state index >= 15 is 0 Å². The monoisotopic (exact) mass is 344 g/mol. The smallest absolute Gasteiger partial charge is 0.387 e. The van der Waals surface area contributed by atoms with E-state index in [0.717, 1.165) is 0 Å². The molecule has 0 saturated carbocycles. The van der Waals surface area contributed by atoms with Crippen molar-refractivity contribution in [3.63, 3.8) is 0 Å². The number of benzene rings is 1. The number of methoxy groups -OCH3 is 2. The summed E-state index contributed by atoms with van der Waals surface area (Å²) < 4.78 is 39.8. The number of amides is 1. The van der Waals surface area contributed by atoms with Gasteiger partial charge in [-0.2, -0.15) is 8.78 Å². The number of carbonyl (C=O) groups is 1. The standard InChI is InChI=1S/C16H22F2N2O4/c1-9-10(2)20(6-5-19-9)15(21)11-7-12(22-3)14(24-16(17)18)13(8-11)23-4/h7-10,16,19H,5-6H2,1-4H3. The van der Waals surface area contributed by atoms with Crippen molar-refractivity contribution in [2.45, 2.75) is 32.5 Å². The topological polar surface area (TPSA) is 60.0 Å². The highest BCUT2D eigenvalue weighted by molar-refractivity contribution is 5.96. The summed E-state index contributed by atoms with van der Waals surface area (Å²) in [5.74, 6) is -0.396. The normalized spacial score (nSPS) is 20.9. The van der Waals surface area contributed by atoms with E-state index in [-0.39, 0.29) is 35.2 Å². The van der Waals surface area contributed by atoms with Gasteiger partial charge in [0, 0.05) is 30.7 Å². The quantitative estimate of drug-likeness (QED) is 0.887. The van der Waals surface area contributed by atoms with Gasteiger partial charge in [0.1, 0.15) is 0 Å². The fourth-order valence-electron chi connectivity index (χ4n) is 2.72. The van der Waals surface area contributed by atoms with Crippen molar-refractivity contribution in [1.82, 2.24) is 10.2 Å². The highest BCUT2D eigenvalue weighted by atomic mass is 19.3. The number of piperazine rings is 1. The van der Waals surface area contributed by atoms with Crippen LogP contribution in [0.1, 0.15) is 24.2 Å². The minimum Gasteiger partial charge on any atom is -0.493 e. The Morgan fingerprint density at radius 2 is 1.83 bits per heavy atom. The molecule has 1 N–H and O–H groups in total. The number of halogens is 2. The molecule has 24 heavy (non-hydrogen) atoms. The Labute approximate surface area is 139 Å². The molecular formula is C16H22F2N2O4. The Morgan fingerprint density at radius 1 is 1.25 bits per heavy atom. The Hall–Kier alpha value is -2.09. The maximum absolute atomic E-state index is 12.8. The van der Waals surface area contributed by atoms with Gasteiger partial charge in [-0.25, -0.2) is 0 Å². The highest BCUT2D eigenvalue weighted by Crippen LogP contribution is 2.40. The number of ether oxygens (including phenoxy) is 3. The molecule has 8 heteroatoms. The molecule has 0 aromatic heterocycles. The van der Waals surface area contributed by atoms with Crippen LogP contribution < -0.4 is 19.5 Å². The number of alkyl halides is 2. The molecule has 0 spiro atoms. The number of carbonyl (C=O) groups excluding carboxylic acids is 1. The molecule has 1 aliphatic rings. The molecule has 2 atom stereocenters. The van der Waals surface area contributed by atoms with Crippen LogP contribution in [-0.4, -0.2) is 56.8 Å². The van der Waals surface area contributed by atoms with Gasteiger partial charge in [-0.1, -0.05) is 0 Å². The summed E-state index contributed by atoms with van der Waals surface area (Å²) >= 11 is 0. The van der Waals surface area contributed by atoms with Gasteiger partial charge in [0.05, 0.1) is 14.2 Å². The van der Waals surface area contributed by atoms with Gasteiger partial charge in [0.2, 0.25) is 5.75 Å². The molecule has 1 aromatic carbocycles. The average molecular weight is 344 g/mol. The van der Waals surface area contributed by atoms with Gasteiger partial charge >= 0.3 is 6.61 Å². The predicted molar refractivity (Wildman–Crippen MR) is 84.1 cm³/mol. The summed E-state index contributed by atoms with van der Waals surface area (Å²) in [4.78, 5) is 14.6. The number of hydrogen-bond donors (Lipinski definition) is 1. The van der Waals surface area contributed by atoms with E-state index in [1.54, 1.807) is 4.90 Å². The van der Waals surface area contributed by atoms with Gasteiger partial charge in [-0.15, -0.1) is 0 Å². The third-order valence-electron chi connectivity index (χ3n) is 4.21. The van der Waals surface area contributed by atoms with Gasteiger partial charge in [0.25, 0.3) is 5.91 Å². The first-order valence-electron chi connectivity index (χ1n) is 7.64. The summed E-state index contributed by atoms with van der Waals surface area (Å²) in [6.07, 6.45) is 0. The maximum atomic E-state index is 12.8. The maximum Gasteiger partial charge on any atom is 0.387 e. The van der Waals surface area contributed by atoms with Crippen molar-refractivity contribution in [1.29, 1.82) is 0 Å². The minimum atomic E-state index is -3.02. The molecule has 1 fully saturated rings. The number of hydrogen-bond acceptors (Lipinski definition) is 5. The molecule has 0 radical (unpaired) electrons. The molecule has 1 aromatic rings. The average Bonchev–Trinajstić information content (AvgIpc) is 2.56. The number of nitrogens with zero attached hydrogens (tertiary/aromatic N) is 1. The summed E-state index contributed by atoms with van der Waals surface area (Å²) in [6, 6.07) is 2.94. The number of nitrogens with one attached hydrogen (secondary N) is 1. The van der Waals surface area contributed by atoms with Crippen LogP contribution in [0.3, 0.4) is 0 Å². The molecular weight excluding hydrogens is 322 g/mol. The highest BCUT2D eigenvalue weighted by Gasteiger charge is 2.30. The summed E-state index contributed by atoms with van der Waals surface area (Å²) in [5, 5.41) is 3.30. The fourth-order valence-corrected chi connectivity index (χ4v) is 2.72. The lowest BCUT2D eigenvalue weighted by Gasteiger charge is -2.38. The number of rotatable bonds is 5. The van der Waals surface area contributed by atoms with E-state index in [0.29, 0.717) is 18.7 Å². The van der Waals surface area contributed by atoms with Crippen LogP contribution in [0.4, 0.5) is 8.78 Å². The van der Waals surface area contributed by atoms with Crippen LogP contribution >= 0.6 is 0 Å². The van der Waals surface area contributed by atoms with Gasteiger partial charge in [-0.3, -0.25) is 4.79 Å². The molecule has 6 nitrogen and oxygen atoms in total. The van der Waals surface area contributed by atoms with Crippen molar-refractivity contribution in [3.8, 4) is 17.2 Å². The zero-order chi connectivity index (χ0) is 17.9. The van der Waals surface area contributed by atoms with Gasteiger partial charge in [0.15, 0.2) is 11.5 Å². The Balaban J connectivity index is 2.38. The molecule has 0 bridgehead atoms. The lowest BCUT2D eigenvalue weighted by atomic mass is 10.0. The van der Waals surface area contributed by atoms with Crippen molar-refractivity contribution < 1.29 is 27.8 Å².